The third-order valence-electron chi connectivity index (χ3n) is 4.76. The first kappa shape index (κ1) is 22.9. The second-order valence-corrected chi connectivity index (χ2v) is 8.19. The van der Waals surface area contributed by atoms with Crippen LogP contribution in [0.3, 0.4) is 0 Å². The first-order valence-electron chi connectivity index (χ1n) is 9.66. The maximum Gasteiger partial charge on any atom is 0.270 e. The van der Waals surface area contributed by atoms with Gasteiger partial charge in [-0.1, -0.05) is 53.5 Å². The van der Waals surface area contributed by atoms with Crippen molar-refractivity contribution >= 4 is 64.1 Å². The number of nitrogens with one attached hydrogen (secondary N) is 1. The number of anilines is 1. The molecule has 3 aromatic rings. The summed E-state index contributed by atoms with van der Waals surface area (Å²) in [6.07, 6.45) is 1.45. The Hall–Kier alpha value is -3.26. The number of nitrogens with zero attached hydrogens (tertiary/aromatic N) is 1. The predicted molar refractivity (Wildman–Crippen MR) is 130 cm³/mol. The number of hydrogen-bond donors (Lipinski definition) is 1. The Morgan fingerprint density at radius 3 is 2.48 bits per heavy atom. The molecule has 33 heavy (non-hydrogen) atoms. The van der Waals surface area contributed by atoms with Gasteiger partial charge in [-0.15, -0.1) is 0 Å². The van der Waals surface area contributed by atoms with E-state index >= 15 is 0 Å². The minimum atomic E-state index is -0.626. The lowest BCUT2D eigenvalue weighted by atomic mass is 10.1. The average molecular weight is 501 g/mol. The molecule has 2 amide bonds. The minimum Gasteiger partial charge on any atom is -0.489 e. The quantitative estimate of drug-likeness (QED) is 0.283. The van der Waals surface area contributed by atoms with Crippen molar-refractivity contribution < 1.29 is 18.7 Å². The molecule has 1 heterocycles. The van der Waals surface area contributed by atoms with Crippen molar-refractivity contribution in [2.75, 3.05) is 4.90 Å². The molecule has 1 fully saturated rings. The molecule has 0 bridgehead atoms. The topological polar surface area (TPSA) is 58.6 Å². The highest BCUT2D eigenvalue weighted by Gasteiger charge is 2.35. The van der Waals surface area contributed by atoms with Gasteiger partial charge in [0.2, 0.25) is 0 Å². The van der Waals surface area contributed by atoms with E-state index in [9.17, 15) is 14.0 Å². The van der Waals surface area contributed by atoms with Crippen LogP contribution in [-0.4, -0.2) is 16.9 Å². The number of carbonyl (C=O) groups excluding carboxylic acids is 2. The molecule has 0 spiro atoms. The number of amides is 2. The predicted octanol–water partition coefficient (Wildman–Crippen LogP) is 5.54. The zero-order chi connectivity index (χ0) is 23.5. The molecule has 1 aliphatic rings. The van der Waals surface area contributed by atoms with Gasteiger partial charge in [0, 0.05) is 0 Å². The molecule has 1 N–H and O–H groups in total. The van der Waals surface area contributed by atoms with Crippen molar-refractivity contribution in [3.05, 3.63) is 99.3 Å². The Labute approximate surface area is 204 Å². The van der Waals surface area contributed by atoms with Crippen molar-refractivity contribution in [2.24, 2.45) is 0 Å². The van der Waals surface area contributed by atoms with Crippen LogP contribution >= 0.6 is 35.4 Å². The summed E-state index contributed by atoms with van der Waals surface area (Å²) < 4.78 is 18.9. The van der Waals surface area contributed by atoms with E-state index in [1.165, 1.54) is 18.2 Å². The number of thiocarbonyl (C=S) groups is 1. The molecule has 1 saturated heterocycles. The molecule has 5 nitrogen and oxygen atoms in total. The van der Waals surface area contributed by atoms with Gasteiger partial charge in [-0.2, -0.15) is 0 Å². The SMILES string of the molecule is O=C1NC(=S)N(c2cccc(Cl)c2Cl)C(=O)/C1=C/c1ccc(OCc2cccc(F)c2)cc1. The number of ether oxygens (including phenoxy) is 1. The van der Waals surface area contributed by atoms with E-state index in [4.69, 9.17) is 40.2 Å². The second-order valence-electron chi connectivity index (χ2n) is 7.02. The Balaban J connectivity index is 1.54. The fourth-order valence-electron chi connectivity index (χ4n) is 3.16. The highest BCUT2D eigenvalue weighted by atomic mass is 35.5. The minimum absolute atomic E-state index is 0.0904. The van der Waals surface area contributed by atoms with Gasteiger partial charge in [-0.25, -0.2) is 4.39 Å². The van der Waals surface area contributed by atoms with Crippen molar-refractivity contribution in [3.8, 4) is 5.75 Å². The Morgan fingerprint density at radius 2 is 1.76 bits per heavy atom. The molecule has 166 valence electrons. The number of carbonyl (C=O) groups is 2. The lowest BCUT2D eigenvalue weighted by Crippen LogP contribution is -2.54. The van der Waals surface area contributed by atoms with Crippen LogP contribution in [0.2, 0.25) is 10.0 Å². The Kier molecular flexibility index (Phi) is 6.74. The number of hydrogen-bond acceptors (Lipinski definition) is 4. The van der Waals surface area contributed by atoms with Gasteiger partial charge in [-0.05, 0) is 65.8 Å². The summed E-state index contributed by atoms with van der Waals surface area (Å²) >= 11 is 17.5. The summed E-state index contributed by atoms with van der Waals surface area (Å²) in [4.78, 5) is 26.7. The third-order valence-corrected chi connectivity index (χ3v) is 5.85. The first-order chi connectivity index (χ1) is 15.8. The van der Waals surface area contributed by atoms with E-state index in [-0.39, 0.29) is 38.8 Å². The Morgan fingerprint density at radius 1 is 1.03 bits per heavy atom. The maximum absolute atomic E-state index is 13.3. The van der Waals surface area contributed by atoms with E-state index in [1.807, 2.05) is 0 Å². The normalized spacial score (nSPS) is 15.1. The highest BCUT2D eigenvalue weighted by molar-refractivity contribution is 7.80. The summed E-state index contributed by atoms with van der Waals surface area (Å²) in [6, 6.07) is 17.7. The third kappa shape index (κ3) is 5.06. The lowest BCUT2D eigenvalue weighted by Gasteiger charge is -2.29. The van der Waals surface area contributed by atoms with E-state index in [0.717, 1.165) is 4.90 Å². The molecular weight excluding hydrogens is 486 g/mol. The standard InChI is InChI=1S/C24H15Cl2FN2O3S/c25-19-5-2-6-20(21(19)26)29-23(31)18(22(30)28-24(29)33)12-14-7-9-17(10-8-14)32-13-15-3-1-4-16(27)11-15/h1-12H,13H2,(H,28,30,33)/b18-12+. The zero-order valence-corrected chi connectivity index (χ0v) is 19.2. The fraction of sp³-hybridized carbons (Fsp3) is 0.0417. The van der Waals surface area contributed by atoms with Crippen LogP contribution < -0.4 is 15.0 Å². The van der Waals surface area contributed by atoms with Crippen molar-refractivity contribution in [3.63, 3.8) is 0 Å². The van der Waals surface area contributed by atoms with Gasteiger partial charge in [-0.3, -0.25) is 19.8 Å². The maximum atomic E-state index is 13.3. The molecule has 0 aromatic heterocycles. The van der Waals surface area contributed by atoms with E-state index in [0.29, 0.717) is 16.9 Å². The number of rotatable bonds is 5. The lowest BCUT2D eigenvalue weighted by molar-refractivity contribution is -0.122. The van der Waals surface area contributed by atoms with Crippen LogP contribution in [0.4, 0.5) is 10.1 Å². The van der Waals surface area contributed by atoms with E-state index in [1.54, 1.807) is 54.6 Å². The van der Waals surface area contributed by atoms with Gasteiger partial charge in [0.15, 0.2) is 5.11 Å². The fourth-order valence-corrected chi connectivity index (χ4v) is 3.82. The van der Waals surface area contributed by atoms with Gasteiger partial charge in [0.1, 0.15) is 23.7 Å². The number of benzene rings is 3. The highest BCUT2D eigenvalue weighted by Crippen LogP contribution is 2.34. The summed E-state index contributed by atoms with van der Waals surface area (Å²) in [5.41, 5.74) is 1.44. The summed E-state index contributed by atoms with van der Waals surface area (Å²) in [7, 11) is 0. The molecule has 0 aliphatic carbocycles. The average Bonchev–Trinajstić information content (AvgIpc) is 2.79. The first-order valence-corrected chi connectivity index (χ1v) is 10.8. The molecule has 0 radical (unpaired) electrons. The summed E-state index contributed by atoms with van der Waals surface area (Å²) in [5.74, 6) is -1.03. The van der Waals surface area contributed by atoms with Crippen LogP contribution in [0.25, 0.3) is 6.08 Å². The van der Waals surface area contributed by atoms with Crippen LogP contribution in [0.15, 0.2) is 72.3 Å². The number of halogens is 3. The van der Waals surface area contributed by atoms with Gasteiger partial charge < -0.3 is 4.74 Å². The molecule has 3 aromatic carbocycles. The van der Waals surface area contributed by atoms with Crippen LogP contribution in [-0.2, 0) is 16.2 Å². The van der Waals surface area contributed by atoms with Crippen molar-refractivity contribution in [2.45, 2.75) is 6.61 Å². The van der Waals surface area contributed by atoms with Gasteiger partial charge >= 0.3 is 0 Å². The molecule has 0 unspecified atom stereocenters. The van der Waals surface area contributed by atoms with Crippen LogP contribution in [0.5, 0.6) is 5.75 Å². The van der Waals surface area contributed by atoms with Gasteiger partial charge in [0.25, 0.3) is 11.8 Å². The molecular formula is C24H15Cl2FN2O3S. The van der Waals surface area contributed by atoms with E-state index in [2.05, 4.69) is 5.32 Å². The second kappa shape index (κ2) is 9.70. The van der Waals surface area contributed by atoms with Crippen LogP contribution in [0, 0.1) is 5.82 Å². The summed E-state index contributed by atoms with van der Waals surface area (Å²) in [6.45, 7) is 0.200. The molecule has 0 saturated carbocycles. The molecule has 1 aliphatic heterocycles. The largest absolute Gasteiger partial charge is 0.489 e. The molecule has 0 atom stereocenters. The van der Waals surface area contributed by atoms with Crippen molar-refractivity contribution in [1.82, 2.24) is 5.32 Å². The Bertz CT molecular complexity index is 1300. The molecule has 4 rings (SSSR count). The monoisotopic (exact) mass is 500 g/mol. The molecule has 9 heteroatoms. The van der Waals surface area contributed by atoms with Crippen LogP contribution in [0.1, 0.15) is 11.1 Å². The summed E-state index contributed by atoms with van der Waals surface area (Å²) in [5, 5.41) is 2.81. The van der Waals surface area contributed by atoms with E-state index < -0.39 is 11.8 Å². The van der Waals surface area contributed by atoms with Gasteiger partial charge in [0.05, 0.1) is 15.7 Å². The van der Waals surface area contributed by atoms with Crippen molar-refractivity contribution in [1.29, 1.82) is 0 Å². The zero-order valence-electron chi connectivity index (χ0n) is 16.8. The smallest absolute Gasteiger partial charge is 0.270 e.